The molecule has 8 atom stereocenters. The Morgan fingerprint density at radius 1 is 1.36 bits per heavy atom. The second-order valence-electron chi connectivity index (χ2n) is 9.13. The lowest BCUT2D eigenvalue weighted by Crippen LogP contribution is -2.57. The number of hydrogen-bond acceptors (Lipinski definition) is 5. The number of aliphatic hydroxyl groups is 1. The number of rotatable bonds is 7. The molecule has 0 aromatic heterocycles. The van der Waals surface area contributed by atoms with E-state index in [1.807, 2.05) is 13.8 Å². The van der Waals surface area contributed by atoms with Crippen molar-refractivity contribution < 1.29 is 24.2 Å². The van der Waals surface area contributed by atoms with Crippen LogP contribution < -0.4 is 10.6 Å². The van der Waals surface area contributed by atoms with Gasteiger partial charge in [-0.2, -0.15) is 0 Å². The fraction of sp³-hybridized carbons (Fsp3) is 0.609. The molecule has 3 aliphatic heterocycles. The van der Waals surface area contributed by atoms with Gasteiger partial charge in [0.25, 0.3) is 0 Å². The molecule has 3 saturated heterocycles. The molecule has 3 N–H and O–H groups in total. The highest BCUT2D eigenvalue weighted by atomic mass is 79.9. The van der Waals surface area contributed by atoms with Gasteiger partial charge in [-0.3, -0.25) is 14.4 Å². The number of nitrogens with zero attached hydrogens (tertiary/aromatic N) is 1. The highest BCUT2D eigenvalue weighted by molar-refractivity contribution is 9.09. The van der Waals surface area contributed by atoms with Gasteiger partial charge in [0.05, 0.1) is 41.3 Å². The molecule has 10 heteroatoms. The van der Waals surface area contributed by atoms with Crippen molar-refractivity contribution in [2.45, 2.75) is 55.3 Å². The molecule has 0 saturated carbocycles. The van der Waals surface area contributed by atoms with Crippen LogP contribution in [0.15, 0.2) is 24.3 Å². The minimum atomic E-state index is -1.18. The van der Waals surface area contributed by atoms with Crippen molar-refractivity contribution in [3.8, 4) is 0 Å². The first kappa shape index (κ1) is 24.4. The quantitative estimate of drug-likeness (QED) is 0.458. The minimum absolute atomic E-state index is 0.0693. The number of aliphatic hydroxyl groups excluding tert-OH is 1. The topological polar surface area (TPSA) is 108 Å². The number of anilines is 1. The number of para-hydroxylation sites is 1. The normalized spacial score (nSPS) is 34.2. The Bertz CT molecular complexity index is 964. The van der Waals surface area contributed by atoms with Crippen LogP contribution in [0.2, 0.25) is 5.02 Å². The summed E-state index contributed by atoms with van der Waals surface area (Å²) in [5.41, 5.74) is -0.759. The maximum absolute atomic E-state index is 13.9. The van der Waals surface area contributed by atoms with Gasteiger partial charge in [-0.05, 0) is 24.5 Å². The zero-order valence-electron chi connectivity index (χ0n) is 18.8. The number of benzene rings is 1. The van der Waals surface area contributed by atoms with Gasteiger partial charge in [-0.25, -0.2) is 0 Å². The van der Waals surface area contributed by atoms with Gasteiger partial charge in [0.1, 0.15) is 11.6 Å². The maximum atomic E-state index is 13.9. The Hall–Kier alpha value is -1.68. The number of carbonyl (C=O) groups excluding carboxylic acids is 3. The molecule has 8 nitrogen and oxygen atoms in total. The molecule has 0 aliphatic carbocycles. The van der Waals surface area contributed by atoms with Crippen molar-refractivity contribution in [2.75, 3.05) is 19.0 Å². The zero-order valence-corrected chi connectivity index (χ0v) is 21.1. The van der Waals surface area contributed by atoms with E-state index >= 15 is 0 Å². The number of alkyl halides is 1. The molecule has 33 heavy (non-hydrogen) atoms. The first-order chi connectivity index (χ1) is 15.7. The average Bonchev–Trinajstić information content (AvgIpc) is 3.39. The van der Waals surface area contributed by atoms with Crippen LogP contribution in [-0.2, 0) is 19.1 Å². The molecule has 1 spiro atoms. The van der Waals surface area contributed by atoms with E-state index in [9.17, 15) is 19.5 Å². The van der Waals surface area contributed by atoms with Gasteiger partial charge >= 0.3 is 0 Å². The number of nitrogens with one attached hydrogen (secondary N) is 2. The third-order valence-electron chi connectivity index (χ3n) is 7.50. The summed E-state index contributed by atoms with van der Waals surface area (Å²) >= 11 is 9.89. The van der Waals surface area contributed by atoms with E-state index in [-0.39, 0.29) is 29.2 Å². The summed E-state index contributed by atoms with van der Waals surface area (Å²) in [5.74, 6) is -2.67. The maximum Gasteiger partial charge on any atom is 0.250 e. The second-order valence-corrected chi connectivity index (χ2v) is 10.7. The Morgan fingerprint density at radius 2 is 2.06 bits per heavy atom. The van der Waals surface area contributed by atoms with E-state index in [2.05, 4.69) is 26.6 Å². The largest absolute Gasteiger partial charge is 0.394 e. The average molecular weight is 543 g/mol. The molecule has 2 bridgehead atoms. The summed E-state index contributed by atoms with van der Waals surface area (Å²) < 4.78 is 6.40. The minimum Gasteiger partial charge on any atom is -0.394 e. The van der Waals surface area contributed by atoms with Crippen LogP contribution in [0, 0.1) is 17.8 Å². The molecular weight excluding hydrogens is 514 g/mol. The van der Waals surface area contributed by atoms with E-state index in [0.717, 1.165) is 0 Å². The summed E-state index contributed by atoms with van der Waals surface area (Å²) in [5, 5.41) is 16.1. The molecular formula is C23H29BrClN3O5. The monoisotopic (exact) mass is 541 g/mol. The van der Waals surface area contributed by atoms with Gasteiger partial charge in [-0.1, -0.05) is 59.9 Å². The number of fused-ring (bicyclic) bond motifs is 1. The first-order valence-corrected chi connectivity index (χ1v) is 12.5. The van der Waals surface area contributed by atoms with Crippen LogP contribution in [-0.4, -0.2) is 70.0 Å². The van der Waals surface area contributed by atoms with Crippen molar-refractivity contribution >= 4 is 50.9 Å². The Morgan fingerprint density at radius 3 is 2.67 bits per heavy atom. The predicted octanol–water partition coefficient (Wildman–Crippen LogP) is 2.18. The van der Waals surface area contributed by atoms with Crippen molar-refractivity contribution in [2.24, 2.45) is 17.8 Å². The molecule has 1 aromatic rings. The van der Waals surface area contributed by atoms with Crippen molar-refractivity contribution in [1.82, 2.24) is 10.2 Å². The summed E-state index contributed by atoms with van der Waals surface area (Å²) in [6.07, 6.45) is 0.583. The molecule has 4 rings (SSSR count). The van der Waals surface area contributed by atoms with E-state index in [0.29, 0.717) is 23.6 Å². The lowest BCUT2D eigenvalue weighted by molar-refractivity contribution is -0.145. The van der Waals surface area contributed by atoms with Crippen LogP contribution in [0.3, 0.4) is 0 Å². The fourth-order valence-electron chi connectivity index (χ4n) is 5.77. The third-order valence-corrected chi connectivity index (χ3v) is 8.68. The molecule has 3 fully saturated rings. The zero-order chi connectivity index (χ0) is 24.1. The second kappa shape index (κ2) is 9.17. The van der Waals surface area contributed by atoms with Gasteiger partial charge in [-0.15, -0.1) is 0 Å². The number of halogens is 2. The fourth-order valence-corrected chi connectivity index (χ4v) is 6.89. The number of hydrogen-bond donors (Lipinski definition) is 3. The molecule has 0 radical (unpaired) electrons. The predicted molar refractivity (Wildman–Crippen MR) is 127 cm³/mol. The number of amides is 3. The van der Waals surface area contributed by atoms with Crippen LogP contribution >= 0.6 is 27.5 Å². The van der Waals surface area contributed by atoms with Crippen molar-refractivity contribution in [3.05, 3.63) is 29.3 Å². The number of carbonyl (C=O) groups is 3. The van der Waals surface area contributed by atoms with Gasteiger partial charge in [0, 0.05) is 11.9 Å². The van der Waals surface area contributed by atoms with E-state index in [1.165, 1.54) is 11.9 Å². The highest BCUT2D eigenvalue weighted by Crippen LogP contribution is 2.60. The molecule has 3 unspecified atom stereocenters. The molecule has 3 heterocycles. The summed E-state index contributed by atoms with van der Waals surface area (Å²) in [7, 11) is 1.53. The summed E-state index contributed by atoms with van der Waals surface area (Å²) in [6.45, 7) is 3.60. The molecule has 3 aliphatic rings. The van der Waals surface area contributed by atoms with Crippen LogP contribution in [0.4, 0.5) is 5.69 Å². The van der Waals surface area contributed by atoms with Crippen molar-refractivity contribution in [1.29, 1.82) is 0 Å². The Labute approximate surface area is 206 Å². The van der Waals surface area contributed by atoms with Crippen LogP contribution in [0.1, 0.15) is 26.7 Å². The van der Waals surface area contributed by atoms with Gasteiger partial charge in [0.15, 0.2) is 0 Å². The Balaban J connectivity index is 1.81. The lowest BCUT2D eigenvalue weighted by Gasteiger charge is -2.38. The lowest BCUT2D eigenvalue weighted by atomic mass is 9.70. The molecule has 180 valence electrons. The summed E-state index contributed by atoms with van der Waals surface area (Å²) in [6, 6.07) is 5.25. The molecule has 3 amide bonds. The van der Waals surface area contributed by atoms with E-state index in [4.69, 9.17) is 16.3 Å². The van der Waals surface area contributed by atoms with E-state index < -0.39 is 41.5 Å². The highest BCUT2D eigenvalue weighted by Gasteiger charge is 2.77. The van der Waals surface area contributed by atoms with Gasteiger partial charge < -0.3 is 25.4 Å². The number of likely N-dealkylation sites (tertiary alicyclic amines) is 1. The standard InChI is InChI=1S/C23H29BrClN3O5/c1-4-11(2)15(10-29)28-19(21(31)27-14-8-6-5-7-13(14)25)23-9-12(24)18(33-23)16(20(30)26-3)17(23)22(28)32/h5-8,11-12,15-19,29H,4,9-10H2,1-3H3,(H,26,30)(H,27,31)/t11-,12?,15-,16-,17-,18-,19?,23?/m0/s1. The van der Waals surface area contributed by atoms with Crippen LogP contribution in [0.25, 0.3) is 0 Å². The number of ether oxygens (including phenoxy) is 1. The van der Waals surface area contributed by atoms with Gasteiger partial charge in [0.2, 0.25) is 17.7 Å². The summed E-state index contributed by atoms with van der Waals surface area (Å²) in [4.78, 5) is 41.8. The first-order valence-electron chi connectivity index (χ1n) is 11.2. The van der Waals surface area contributed by atoms with E-state index in [1.54, 1.807) is 24.3 Å². The Kier molecular flexibility index (Phi) is 6.79. The smallest absolute Gasteiger partial charge is 0.250 e. The van der Waals surface area contributed by atoms with Crippen LogP contribution in [0.5, 0.6) is 0 Å². The SMILES string of the molecule is CC[C@H](C)[C@H](CO)N1C(=O)[C@@H]2[C@H](C(=O)NC)[C@H]3OC2(CC3Br)C1C(=O)Nc1ccccc1Cl. The van der Waals surface area contributed by atoms with Crippen molar-refractivity contribution in [3.63, 3.8) is 0 Å². The third kappa shape index (κ3) is 3.68. The molecule has 1 aromatic carbocycles.